The molecule has 7 aliphatic rings. The molecule has 8 bridgehead atoms. The average Bonchev–Trinajstić information content (AvgIpc) is 3.83. The lowest BCUT2D eigenvalue weighted by Gasteiger charge is -2.42. The van der Waals surface area contributed by atoms with Crippen molar-refractivity contribution in [3.63, 3.8) is 0 Å². The van der Waals surface area contributed by atoms with E-state index < -0.39 is 106 Å². The zero-order valence-corrected chi connectivity index (χ0v) is 34.0. The molecule has 11 atom stereocenters. The van der Waals surface area contributed by atoms with Gasteiger partial charge in [0.25, 0.3) is 0 Å². The SMILES string of the molecule is C[C@@]12CC(=O)NC13CC1N=C(CC4N=C5/C(=C6\N=C(C=C(N3)[C@H]2CCC(=O)O)C(CC(=O)O)C6CCC(=O)O)C(=O)CCC5C4CC(=O)O)[C@@](C)(CC(N)=O)C1CCC(=O)O. The quantitative estimate of drug-likeness (QED) is 0.117. The minimum absolute atomic E-state index is 0.00832. The zero-order valence-electron chi connectivity index (χ0n) is 34.0. The highest BCUT2D eigenvalue weighted by Gasteiger charge is 2.66. The first kappa shape index (κ1) is 43.3. The van der Waals surface area contributed by atoms with Crippen LogP contribution in [-0.2, 0) is 38.4 Å². The summed E-state index contributed by atoms with van der Waals surface area (Å²) in [5.41, 5.74) is 4.03. The topological polar surface area (TPSA) is 325 Å². The number of fused-ring (bicyclic) bond motifs is 4. The fourth-order valence-corrected chi connectivity index (χ4v) is 12.1. The minimum atomic E-state index is -1.34. The molecule has 2 saturated heterocycles. The van der Waals surface area contributed by atoms with Gasteiger partial charge in [-0.3, -0.25) is 53.3 Å². The number of primary amides is 1. The molecule has 3 fully saturated rings. The van der Waals surface area contributed by atoms with Crippen LogP contribution >= 0.6 is 0 Å². The van der Waals surface area contributed by atoms with Gasteiger partial charge < -0.3 is 41.9 Å². The molecule has 2 amide bonds. The summed E-state index contributed by atoms with van der Waals surface area (Å²) >= 11 is 0. The van der Waals surface area contributed by atoms with Crippen molar-refractivity contribution in [2.45, 2.75) is 121 Å². The standard InChI is InChI=1S/C42H52N6O13/c1-40(16-30(43)50)22(5-9-33(54)55)27-15-42-41(2,17-31(51)48-42)23(6-10-34(56)57)26(47-42)13-24-20(11-35(58)59)19(4-8-32(52)53)39(45-24)37-28(49)7-3-18-21(12-36(60)61)25(46-38(18)37)14-29(40)44-27/h13,18-23,25,27,47H,3-12,14-17H2,1-2H3,(H2,43,50)(H,48,51)(H,52,53)(H,54,55)(H,56,57)(H,58,59)(H,60,61)/b26-13?,39-37-/t18?,19?,20?,21?,22?,23-,25?,27?,40+,41+,42?/m1/s1. The summed E-state index contributed by atoms with van der Waals surface area (Å²) in [6, 6.07) is -1.54. The fourth-order valence-electron chi connectivity index (χ4n) is 12.1. The van der Waals surface area contributed by atoms with Crippen LogP contribution in [-0.4, -0.2) is 108 Å². The largest absolute Gasteiger partial charge is 0.481 e. The van der Waals surface area contributed by atoms with Gasteiger partial charge in [-0.25, -0.2) is 0 Å². The van der Waals surface area contributed by atoms with E-state index in [9.17, 15) is 63.9 Å². The Bertz CT molecular complexity index is 2160. The van der Waals surface area contributed by atoms with Gasteiger partial charge in [0.1, 0.15) is 5.66 Å². The molecule has 0 aromatic heterocycles. The third kappa shape index (κ3) is 7.75. The molecule has 8 unspecified atom stereocenters. The zero-order chi connectivity index (χ0) is 44.3. The number of allylic oxidation sites excluding steroid dienone is 4. The number of ketones is 1. The first-order valence-electron chi connectivity index (χ1n) is 20.9. The molecule has 0 aromatic carbocycles. The van der Waals surface area contributed by atoms with Crippen LogP contribution in [0.25, 0.3) is 0 Å². The summed E-state index contributed by atoms with van der Waals surface area (Å²) in [5.74, 6) is -11.4. The van der Waals surface area contributed by atoms with Gasteiger partial charge in [0.15, 0.2) is 5.78 Å². The Morgan fingerprint density at radius 3 is 2.11 bits per heavy atom. The molecule has 7 rings (SSSR count). The Morgan fingerprint density at radius 1 is 0.820 bits per heavy atom. The summed E-state index contributed by atoms with van der Waals surface area (Å²) in [7, 11) is 0. The van der Waals surface area contributed by atoms with Crippen LogP contribution in [0.15, 0.2) is 38.0 Å². The number of hydrogen-bond acceptors (Lipinski definition) is 12. The number of carboxylic acids is 5. The Hall–Kier alpha value is -5.75. The lowest BCUT2D eigenvalue weighted by Crippen LogP contribution is -2.59. The van der Waals surface area contributed by atoms with Crippen molar-refractivity contribution in [2.24, 2.45) is 67.0 Å². The monoisotopic (exact) mass is 848 g/mol. The molecule has 61 heavy (non-hydrogen) atoms. The second-order valence-corrected chi connectivity index (χ2v) is 18.4. The van der Waals surface area contributed by atoms with Crippen molar-refractivity contribution < 1.29 is 63.9 Å². The van der Waals surface area contributed by atoms with E-state index in [-0.39, 0.29) is 112 Å². The van der Waals surface area contributed by atoms with Gasteiger partial charge in [-0.15, -0.1) is 0 Å². The maximum Gasteiger partial charge on any atom is 0.304 e. The fraction of sp³-hybridized carbons (Fsp3) is 0.643. The number of aliphatic imine (C=N–C) groups is 3. The van der Waals surface area contributed by atoms with E-state index in [4.69, 9.17) is 20.7 Å². The van der Waals surface area contributed by atoms with E-state index >= 15 is 0 Å². The van der Waals surface area contributed by atoms with Crippen LogP contribution in [0.4, 0.5) is 0 Å². The lowest BCUT2D eigenvalue weighted by molar-refractivity contribution is -0.139. The molecule has 1 spiro atoms. The first-order chi connectivity index (χ1) is 28.7. The summed E-state index contributed by atoms with van der Waals surface area (Å²) in [4.78, 5) is 117. The molecule has 328 valence electrons. The van der Waals surface area contributed by atoms with Crippen LogP contribution in [0.5, 0.6) is 0 Å². The van der Waals surface area contributed by atoms with Crippen molar-refractivity contribution in [1.82, 2.24) is 10.6 Å². The van der Waals surface area contributed by atoms with E-state index in [1.54, 1.807) is 13.0 Å². The molecule has 9 N–H and O–H groups in total. The number of Topliss-reactive ketones (excluding diaryl/α,β-unsaturated/α-hetero) is 1. The maximum atomic E-state index is 14.2. The van der Waals surface area contributed by atoms with E-state index in [2.05, 4.69) is 10.6 Å². The third-order valence-electron chi connectivity index (χ3n) is 14.8. The second-order valence-electron chi connectivity index (χ2n) is 18.4. The van der Waals surface area contributed by atoms with Crippen LogP contribution in [0.3, 0.4) is 0 Å². The lowest BCUT2D eigenvalue weighted by atomic mass is 9.63. The van der Waals surface area contributed by atoms with Crippen molar-refractivity contribution in [1.29, 1.82) is 0 Å². The van der Waals surface area contributed by atoms with E-state index in [1.807, 2.05) is 6.92 Å². The molecular weight excluding hydrogens is 796 g/mol. The Labute approximate surface area is 350 Å². The molecular formula is C42H52N6O13. The number of nitrogens with one attached hydrogen (secondary N) is 2. The van der Waals surface area contributed by atoms with Crippen molar-refractivity contribution in [3.05, 3.63) is 23.0 Å². The van der Waals surface area contributed by atoms with Crippen molar-refractivity contribution in [2.75, 3.05) is 0 Å². The van der Waals surface area contributed by atoms with Crippen LogP contribution in [0.1, 0.15) is 104 Å². The number of aliphatic carboxylic acids is 5. The molecule has 0 aromatic rings. The Morgan fingerprint density at radius 2 is 1.48 bits per heavy atom. The van der Waals surface area contributed by atoms with Gasteiger partial charge in [-0.1, -0.05) is 13.8 Å². The molecule has 6 aliphatic heterocycles. The van der Waals surface area contributed by atoms with Crippen molar-refractivity contribution in [3.8, 4) is 0 Å². The molecule has 1 aliphatic carbocycles. The highest BCUT2D eigenvalue weighted by Crippen LogP contribution is 2.59. The van der Waals surface area contributed by atoms with Crippen molar-refractivity contribution >= 4 is 64.6 Å². The van der Waals surface area contributed by atoms with E-state index in [1.165, 1.54) is 0 Å². The normalized spacial score (nSPS) is 37.1. The van der Waals surface area contributed by atoms with Gasteiger partial charge >= 0.3 is 29.8 Å². The molecule has 6 heterocycles. The van der Waals surface area contributed by atoms with E-state index in [0.717, 1.165) is 0 Å². The third-order valence-corrected chi connectivity index (χ3v) is 14.8. The smallest absolute Gasteiger partial charge is 0.304 e. The number of carbonyl (C=O) groups is 8. The molecule has 0 radical (unpaired) electrons. The Kier molecular flexibility index (Phi) is 11.3. The van der Waals surface area contributed by atoms with E-state index in [0.29, 0.717) is 17.1 Å². The molecule has 19 nitrogen and oxygen atoms in total. The number of amides is 2. The number of nitrogens with two attached hydrogens (primary N) is 1. The summed E-state index contributed by atoms with van der Waals surface area (Å²) in [6.45, 7) is 3.63. The number of hydrogen-bond donors (Lipinski definition) is 8. The average molecular weight is 849 g/mol. The number of carbonyl (C=O) groups excluding carboxylic acids is 3. The van der Waals surface area contributed by atoms with Gasteiger partial charge in [0.2, 0.25) is 11.8 Å². The maximum absolute atomic E-state index is 14.2. The van der Waals surface area contributed by atoms with Crippen LogP contribution in [0, 0.1) is 46.3 Å². The van der Waals surface area contributed by atoms with Crippen LogP contribution < -0.4 is 16.4 Å². The van der Waals surface area contributed by atoms with Gasteiger partial charge in [-0.05, 0) is 37.7 Å². The first-order valence-corrected chi connectivity index (χ1v) is 20.9. The van der Waals surface area contributed by atoms with Gasteiger partial charge in [0.05, 0.1) is 41.9 Å². The molecule has 19 heteroatoms. The highest BCUT2D eigenvalue weighted by molar-refractivity contribution is 6.26. The summed E-state index contributed by atoms with van der Waals surface area (Å²) in [5, 5.41) is 56.8. The number of rotatable bonds is 15. The highest BCUT2D eigenvalue weighted by atomic mass is 16.4. The number of carboxylic acid groups (broad SMARTS) is 5. The summed E-state index contributed by atoms with van der Waals surface area (Å²) < 4.78 is 0. The molecule has 1 saturated carbocycles. The van der Waals surface area contributed by atoms with Gasteiger partial charge in [-0.2, -0.15) is 0 Å². The van der Waals surface area contributed by atoms with Gasteiger partial charge in [0, 0.05) is 109 Å². The number of nitrogens with zero attached hydrogens (tertiary/aromatic N) is 3. The predicted octanol–water partition coefficient (Wildman–Crippen LogP) is 2.33. The minimum Gasteiger partial charge on any atom is -0.481 e. The summed E-state index contributed by atoms with van der Waals surface area (Å²) in [6.07, 6.45) is -0.169. The predicted molar refractivity (Wildman–Crippen MR) is 213 cm³/mol. The second kappa shape index (κ2) is 15.9. The Balaban J connectivity index is 1.52. The van der Waals surface area contributed by atoms with Crippen LogP contribution in [0.2, 0.25) is 0 Å².